The molecule has 0 fully saturated rings. The van der Waals surface area contributed by atoms with Gasteiger partial charge < -0.3 is 9.98 Å². The summed E-state index contributed by atoms with van der Waals surface area (Å²) in [6.45, 7) is 0. The van der Waals surface area contributed by atoms with Gasteiger partial charge in [0, 0.05) is 5.69 Å². The number of nitrogens with one attached hydrogen (secondary N) is 2. The van der Waals surface area contributed by atoms with Gasteiger partial charge in [-0.1, -0.05) is 0 Å². The molecule has 1 aromatic carbocycles. The molecule has 11 heteroatoms. The molecule has 17 heavy (non-hydrogen) atoms. The van der Waals surface area contributed by atoms with Crippen LogP contribution < -0.4 is 66.8 Å². The third-order valence-electron chi connectivity index (χ3n) is 1.50. The maximum Gasteiger partial charge on any atom is 1.00 e. The summed E-state index contributed by atoms with van der Waals surface area (Å²) in [5, 5.41) is 4.84. The minimum absolute atomic E-state index is 0. The Kier molecular flexibility index (Phi) is 6.73. The first-order valence-corrected chi connectivity index (χ1v) is 6.75. The van der Waals surface area contributed by atoms with E-state index in [1.165, 1.54) is 17.0 Å². The van der Waals surface area contributed by atoms with Gasteiger partial charge in [-0.25, -0.2) is 22.0 Å². The number of nitrogens with two attached hydrogens (primary N) is 1. The largest absolute Gasteiger partial charge is 1.00 e. The number of hydrazine groups is 1. The number of anilines is 1. The number of hydrogen-bond acceptors (Lipinski definition) is 6. The van der Waals surface area contributed by atoms with Crippen molar-refractivity contribution in [3.05, 3.63) is 24.3 Å². The van der Waals surface area contributed by atoms with Crippen molar-refractivity contribution in [3.8, 4) is 0 Å². The van der Waals surface area contributed by atoms with Crippen LogP contribution in [0.25, 0.3) is 0 Å². The molecule has 0 unspecified atom stereocenters. The van der Waals surface area contributed by atoms with Crippen molar-refractivity contribution in [1.82, 2.24) is 4.83 Å². The topological polar surface area (TPSA) is 141 Å². The molecule has 0 aliphatic carbocycles. The molecule has 4 N–H and O–H groups in total. The smallest absolute Gasteiger partial charge is 0.734 e. The van der Waals surface area contributed by atoms with E-state index in [0.29, 0.717) is 0 Å². The number of sulfonamides is 1. The van der Waals surface area contributed by atoms with Crippen molar-refractivity contribution >= 4 is 26.0 Å². The molecule has 8 nitrogen and oxygen atoms in total. The minimum atomic E-state index is -4.61. The maximum atomic E-state index is 10.9. The summed E-state index contributed by atoms with van der Waals surface area (Å²) in [6, 6.07) is 4.82. The van der Waals surface area contributed by atoms with Crippen LogP contribution in [0.5, 0.6) is 0 Å². The van der Waals surface area contributed by atoms with E-state index in [2.05, 4.69) is 5.43 Å². The Labute approximate surface area is 141 Å². The van der Waals surface area contributed by atoms with Gasteiger partial charge in [0.1, 0.15) is 0 Å². The van der Waals surface area contributed by atoms with E-state index < -0.39 is 20.3 Å². The molecule has 0 aliphatic heterocycles. The summed E-state index contributed by atoms with van der Waals surface area (Å²) in [6.07, 6.45) is 0. The van der Waals surface area contributed by atoms with Crippen LogP contribution in [0.4, 0.5) is 5.69 Å². The number of primary sulfonamides is 1. The second-order valence-electron chi connectivity index (χ2n) is 2.75. The van der Waals surface area contributed by atoms with Crippen molar-refractivity contribution in [1.29, 1.82) is 0 Å². The summed E-state index contributed by atoms with van der Waals surface area (Å²) >= 11 is 0. The molecule has 1 rings (SSSR count). The average molecular weight is 305 g/mol. The first-order valence-electron chi connectivity index (χ1n) is 3.80. The van der Waals surface area contributed by atoms with Crippen LogP contribution in [0.2, 0.25) is 0 Å². The van der Waals surface area contributed by atoms with Crippen LogP contribution >= 0.6 is 0 Å². The molecule has 0 atom stereocenters. The first-order chi connectivity index (χ1) is 7.18. The second kappa shape index (κ2) is 6.56. The molecule has 0 radical (unpaired) electrons. The van der Waals surface area contributed by atoms with Gasteiger partial charge in [-0.05, 0) is 24.3 Å². The van der Waals surface area contributed by atoms with Crippen molar-refractivity contribution in [3.63, 3.8) is 0 Å². The predicted octanol–water partition coefficient (Wildman–Crippen LogP) is -4.29. The molecule has 0 amide bonds. The molecule has 0 heterocycles. The molecule has 1 aromatic rings. The molecule has 0 aliphatic rings. The van der Waals surface area contributed by atoms with Gasteiger partial charge in [-0.15, -0.1) is 4.83 Å². The monoisotopic (exact) mass is 305 g/mol. The molecule has 0 bridgehead atoms. The summed E-state index contributed by atoms with van der Waals surface area (Å²) in [7, 11) is -8.41. The minimum Gasteiger partial charge on any atom is -0.734 e. The van der Waals surface area contributed by atoms with Crippen LogP contribution in [-0.2, 0) is 20.3 Å². The Hall–Kier alpha value is 0.436. The number of rotatable bonds is 4. The summed E-state index contributed by atoms with van der Waals surface area (Å²) in [5.74, 6) is 0. The zero-order valence-corrected chi connectivity index (χ0v) is 13.5. The quantitative estimate of drug-likeness (QED) is 0.292. The van der Waals surface area contributed by atoms with Gasteiger partial charge in [0.2, 0.25) is 10.0 Å². The zero-order chi connectivity index (χ0) is 12.4. The van der Waals surface area contributed by atoms with Gasteiger partial charge in [-0.3, -0.25) is 0 Å². The summed E-state index contributed by atoms with van der Waals surface area (Å²) in [5.41, 5.74) is 2.28. The van der Waals surface area contributed by atoms with E-state index in [9.17, 15) is 21.4 Å². The van der Waals surface area contributed by atoms with Gasteiger partial charge in [0.05, 0.1) is 4.90 Å². The van der Waals surface area contributed by atoms with Crippen LogP contribution in [0.15, 0.2) is 29.2 Å². The number of benzene rings is 1. The van der Waals surface area contributed by atoms with Crippen LogP contribution in [0.3, 0.4) is 0 Å². The molecule has 0 aromatic heterocycles. The fourth-order valence-corrected chi connectivity index (χ4v) is 1.61. The third kappa shape index (κ3) is 6.80. The normalized spacial score (nSPS) is 11.6. The van der Waals surface area contributed by atoms with E-state index >= 15 is 0 Å². The van der Waals surface area contributed by atoms with Crippen molar-refractivity contribution in [2.45, 2.75) is 4.90 Å². The Morgan fingerprint density at radius 2 is 1.53 bits per heavy atom. The zero-order valence-electron chi connectivity index (χ0n) is 8.74. The third-order valence-corrected chi connectivity index (χ3v) is 2.78. The van der Waals surface area contributed by atoms with Gasteiger partial charge in [0.25, 0.3) is 0 Å². The van der Waals surface area contributed by atoms with Gasteiger partial charge in [0.15, 0.2) is 10.3 Å². The van der Waals surface area contributed by atoms with Crippen molar-refractivity contribution < 1.29 is 72.8 Å². The molecule has 0 saturated carbocycles. The first kappa shape index (κ1) is 17.4. The Balaban J connectivity index is 0.00000256. The second-order valence-corrected chi connectivity index (χ2v) is 5.42. The maximum absolute atomic E-state index is 10.9. The van der Waals surface area contributed by atoms with Gasteiger partial charge in [-0.2, -0.15) is 0 Å². The van der Waals surface area contributed by atoms with E-state index in [1.54, 1.807) is 0 Å². The van der Waals surface area contributed by atoms with Crippen molar-refractivity contribution in [2.24, 2.45) is 5.14 Å². The van der Waals surface area contributed by atoms with Crippen LogP contribution in [-0.4, -0.2) is 21.4 Å². The fraction of sp³-hybridized carbons (Fsp3) is 0. The summed E-state index contributed by atoms with van der Waals surface area (Å²) in [4.78, 5) is 1.36. The number of hydrogen-bond donors (Lipinski definition) is 3. The van der Waals surface area contributed by atoms with E-state index in [-0.39, 0.29) is 62.0 Å². The molecule has 0 saturated heterocycles. The van der Waals surface area contributed by atoms with E-state index in [4.69, 9.17) is 5.14 Å². The molecular weight excluding hydrogens is 297 g/mol. The molecular formula is C6H8KN3O5S2. The van der Waals surface area contributed by atoms with Crippen molar-refractivity contribution in [2.75, 3.05) is 5.43 Å². The Bertz CT molecular complexity index is 568. The predicted molar refractivity (Wildman–Crippen MR) is 54.3 cm³/mol. The summed E-state index contributed by atoms with van der Waals surface area (Å²) < 4.78 is 52.3. The standard InChI is InChI=1S/C6H9N3O5S2.K/c7-15(10,11)6-3-1-5(2-4-6)8-9-16(12,13)14;/h1-4,8-9H,(H2,7,10,11)(H,12,13,14);/q;+1/p-1. The Morgan fingerprint density at radius 1 is 1.06 bits per heavy atom. The SMILES string of the molecule is NS(=O)(=O)c1ccc(NNS(=O)(=O)[O-])cc1.[K+]. The Morgan fingerprint density at radius 3 is 1.88 bits per heavy atom. The van der Waals surface area contributed by atoms with E-state index in [0.717, 1.165) is 12.1 Å². The molecule has 90 valence electrons. The van der Waals surface area contributed by atoms with Crippen LogP contribution in [0.1, 0.15) is 0 Å². The average Bonchev–Trinajstić information content (AvgIpc) is 2.13. The van der Waals surface area contributed by atoms with E-state index in [1.807, 2.05) is 0 Å². The van der Waals surface area contributed by atoms with Gasteiger partial charge >= 0.3 is 51.4 Å². The fourth-order valence-electron chi connectivity index (χ4n) is 0.849. The van der Waals surface area contributed by atoms with Crippen LogP contribution in [0, 0.1) is 0 Å². The molecule has 0 spiro atoms.